The van der Waals surface area contributed by atoms with Crippen LogP contribution in [0.25, 0.3) is 0 Å². The fourth-order valence-electron chi connectivity index (χ4n) is 4.14. The lowest BCUT2D eigenvalue weighted by atomic mass is 9.75. The van der Waals surface area contributed by atoms with Crippen molar-refractivity contribution in [1.29, 1.82) is 5.41 Å². The van der Waals surface area contributed by atoms with E-state index in [9.17, 15) is 9.59 Å². The molecule has 0 radical (unpaired) electrons. The number of piperidine rings is 1. The average Bonchev–Trinajstić information content (AvgIpc) is 2.92. The molecular weight excluding hydrogens is 342 g/mol. The van der Waals surface area contributed by atoms with Crippen molar-refractivity contribution in [1.82, 2.24) is 15.1 Å². The molecule has 1 unspecified atom stereocenters. The maximum absolute atomic E-state index is 13.0. The number of likely N-dealkylation sites (N-methyl/N-ethyl adjacent to an activating group) is 1. The van der Waals surface area contributed by atoms with Crippen molar-refractivity contribution >= 4 is 23.6 Å². The first-order valence-electron chi connectivity index (χ1n) is 9.74. The summed E-state index contributed by atoms with van der Waals surface area (Å²) in [6.07, 6.45) is 4.31. The van der Waals surface area contributed by atoms with Crippen LogP contribution in [0.4, 0.5) is 10.5 Å². The van der Waals surface area contributed by atoms with Gasteiger partial charge < -0.3 is 15.5 Å². The summed E-state index contributed by atoms with van der Waals surface area (Å²) in [5.41, 5.74) is -0.00465. The number of unbranched alkanes of at least 4 members (excludes halogenated alkanes) is 1. The van der Waals surface area contributed by atoms with Crippen molar-refractivity contribution in [2.75, 3.05) is 25.5 Å². The van der Waals surface area contributed by atoms with Gasteiger partial charge in [0.15, 0.2) is 5.96 Å². The number of nitrogens with one attached hydrogen (secondary N) is 3. The van der Waals surface area contributed by atoms with Crippen LogP contribution < -0.4 is 10.6 Å². The molecule has 2 fully saturated rings. The number of likely N-dealkylation sites (tertiary alicyclic amines) is 1. The molecule has 0 aliphatic carbocycles. The molecule has 1 aromatic carbocycles. The van der Waals surface area contributed by atoms with Crippen LogP contribution in [0.2, 0.25) is 0 Å². The number of para-hydroxylation sites is 1. The van der Waals surface area contributed by atoms with Gasteiger partial charge in [0.25, 0.3) is 5.91 Å². The molecule has 7 nitrogen and oxygen atoms in total. The van der Waals surface area contributed by atoms with Crippen LogP contribution in [0.5, 0.6) is 0 Å². The molecule has 0 aromatic heterocycles. The van der Waals surface area contributed by atoms with Gasteiger partial charge in [0.05, 0.1) is 0 Å². The molecule has 2 saturated heterocycles. The third-order valence-electron chi connectivity index (χ3n) is 5.72. The summed E-state index contributed by atoms with van der Waals surface area (Å²) in [6, 6.07) is 9.27. The predicted molar refractivity (Wildman–Crippen MR) is 106 cm³/mol. The molecule has 3 amide bonds. The molecule has 2 aliphatic heterocycles. The number of anilines is 1. The molecule has 146 valence electrons. The van der Waals surface area contributed by atoms with E-state index in [1.54, 1.807) is 11.9 Å². The second-order valence-electron chi connectivity index (χ2n) is 7.49. The maximum Gasteiger partial charge on any atom is 0.321 e. The molecule has 1 aromatic rings. The number of carbonyl (C=O) groups excluding carboxylic acids is 2. The number of benzene rings is 1. The monoisotopic (exact) mass is 371 g/mol. The van der Waals surface area contributed by atoms with Gasteiger partial charge in [-0.3, -0.25) is 15.1 Å². The Bertz CT molecular complexity index is 708. The Labute approximate surface area is 160 Å². The van der Waals surface area contributed by atoms with Crippen LogP contribution in [-0.2, 0) is 4.79 Å². The minimum atomic E-state index is -0.770. The van der Waals surface area contributed by atoms with E-state index >= 15 is 0 Å². The zero-order valence-corrected chi connectivity index (χ0v) is 16.1. The summed E-state index contributed by atoms with van der Waals surface area (Å²) in [7, 11) is 1.65. The van der Waals surface area contributed by atoms with Crippen molar-refractivity contribution in [3.63, 3.8) is 0 Å². The molecule has 2 heterocycles. The third-order valence-corrected chi connectivity index (χ3v) is 5.72. The standard InChI is InChI=1S/C20H29N5O2/c1-3-4-12-20(17(26)24(2)18(21)23-20)15-9-8-13-25(14-15)19(27)22-16-10-6-5-7-11-16/h5-7,10-11,15H,3-4,8-9,12-14H2,1-2H3,(H2,21,23)(H,22,27)/t15?,20-/m1/s1. The average molecular weight is 371 g/mol. The molecule has 0 saturated carbocycles. The molecule has 7 heteroatoms. The van der Waals surface area contributed by atoms with Crippen LogP contribution in [0.1, 0.15) is 39.0 Å². The van der Waals surface area contributed by atoms with Gasteiger partial charge in [0.1, 0.15) is 5.54 Å². The number of urea groups is 1. The molecule has 0 spiro atoms. The highest BCUT2D eigenvalue weighted by molar-refractivity contribution is 6.07. The van der Waals surface area contributed by atoms with Gasteiger partial charge in [-0.1, -0.05) is 38.0 Å². The van der Waals surface area contributed by atoms with E-state index in [1.807, 2.05) is 30.3 Å². The van der Waals surface area contributed by atoms with E-state index in [0.717, 1.165) is 31.4 Å². The lowest BCUT2D eigenvalue weighted by molar-refractivity contribution is -0.133. The molecular formula is C20H29N5O2. The number of amides is 3. The van der Waals surface area contributed by atoms with Crippen LogP contribution in [0.3, 0.4) is 0 Å². The lowest BCUT2D eigenvalue weighted by Crippen LogP contribution is -2.58. The van der Waals surface area contributed by atoms with Crippen molar-refractivity contribution < 1.29 is 9.59 Å². The molecule has 2 aliphatic rings. The van der Waals surface area contributed by atoms with E-state index in [-0.39, 0.29) is 23.8 Å². The van der Waals surface area contributed by atoms with Crippen LogP contribution in [-0.4, -0.2) is 53.4 Å². The summed E-state index contributed by atoms with van der Waals surface area (Å²) >= 11 is 0. The molecule has 0 bridgehead atoms. The number of rotatable bonds is 5. The van der Waals surface area contributed by atoms with Gasteiger partial charge in [-0.15, -0.1) is 0 Å². The van der Waals surface area contributed by atoms with Gasteiger partial charge in [-0.2, -0.15) is 0 Å². The molecule has 27 heavy (non-hydrogen) atoms. The summed E-state index contributed by atoms with van der Waals surface area (Å²) in [5.74, 6) is 0.107. The minimum absolute atomic E-state index is 0.00266. The Morgan fingerprint density at radius 3 is 2.74 bits per heavy atom. The van der Waals surface area contributed by atoms with Crippen molar-refractivity contribution in [3.05, 3.63) is 30.3 Å². The topological polar surface area (TPSA) is 88.5 Å². The Morgan fingerprint density at radius 2 is 2.11 bits per heavy atom. The largest absolute Gasteiger partial charge is 0.341 e. The highest BCUT2D eigenvalue weighted by Crippen LogP contribution is 2.36. The first kappa shape index (κ1) is 19.2. The van der Waals surface area contributed by atoms with E-state index in [1.165, 1.54) is 4.90 Å². The Morgan fingerprint density at radius 1 is 1.37 bits per heavy atom. The quantitative estimate of drug-likeness (QED) is 0.744. The number of hydrogen-bond donors (Lipinski definition) is 3. The van der Waals surface area contributed by atoms with Gasteiger partial charge >= 0.3 is 6.03 Å². The Kier molecular flexibility index (Phi) is 5.68. The highest BCUT2D eigenvalue weighted by atomic mass is 16.2. The predicted octanol–water partition coefficient (Wildman–Crippen LogP) is 2.86. The second-order valence-corrected chi connectivity index (χ2v) is 7.49. The molecule has 2 atom stereocenters. The molecule has 3 rings (SSSR count). The Balaban J connectivity index is 1.75. The maximum atomic E-state index is 13.0. The summed E-state index contributed by atoms with van der Waals surface area (Å²) in [4.78, 5) is 28.9. The van der Waals surface area contributed by atoms with E-state index in [4.69, 9.17) is 5.41 Å². The zero-order chi connectivity index (χ0) is 19.4. The summed E-state index contributed by atoms with van der Waals surface area (Å²) in [5, 5.41) is 14.2. The van der Waals surface area contributed by atoms with Crippen LogP contribution in [0.15, 0.2) is 30.3 Å². The third kappa shape index (κ3) is 3.77. The first-order valence-corrected chi connectivity index (χ1v) is 9.74. The second kappa shape index (κ2) is 7.98. The van der Waals surface area contributed by atoms with Gasteiger partial charge in [-0.05, 0) is 31.4 Å². The minimum Gasteiger partial charge on any atom is -0.341 e. The number of hydrogen-bond acceptors (Lipinski definition) is 3. The van der Waals surface area contributed by atoms with Crippen molar-refractivity contribution in [3.8, 4) is 0 Å². The molecule has 3 N–H and O–H groups in total. The van der Waals surface area contributed by atoms with Crippen LogP contribution >= 0.6 is 0 Å². The smallest absolute Gasteiger partial charge is 0.321 e. The van der Waals surface area contributed by atoms with Gasteiger partial charge in [0, 0.05) is 31.7 Å². The SMILES string of the molecule is CCCC[C@]1(C2CCCN(C(=O)Nc3ccccc3)C2)NC(=N)N(C)C1=O. The van der Waals surface area contributed by atoms with Crippen LogP contribution in [0, 0.1) is 11.3 Å². The van der Waals surface area contributed by atoms with E-state index in [2.05, 4.69) is 17.6 Å². The van der Waals surface area contributed by atoms with Gasteiger partial charge in [0.2, 0.25) is 0 Å². The summed E-state index contributed by atoms with van der Waals surface area (Å²) in [6.45, 7) is 3.30. The lowest BCUT2D eigenvalue weighted by Gasteiger charge is -2.41. The first-order chi connectivity index (χ1) is 13.0. The number of carbonyl (C=O) groups is 2. The number of nitrogens with zero attached hydrogens (tertiary/aromatic N) is 2. The highest BCUT2D eigenvalue weighted by Gasteiger charge is 2.53. The van der Waals surface area contributed by atoms with E-state index < -0.39 is 5.54 Å². The van der Waals surface area contributed by atoms with E-state index in [0.29, 0.717) is 19.5 Å². The normalized spacial score (nSPS) is 25.5. The fraction of sp³-hybridized carbons (Fsp3) is 0.550. The van der Waals surface area contributed by atoms with Crippen molar-refractivity contribution in [2.45, 2.75) is 44.6 Å². The summed E-state index contributed by atoms with van der Waals surface area (Å²) < 4.78 is 0. The fourth-order valence-corrected chi connectivity index (χ4v) is 4.14. The Hall–Kier alpha value is -2.57. The number of guanidine groups is 1. The van der Waals surface area contributed by atoms with Gasteiger partial charge in [-0.25, -0.2) is 4.79 Å². The van der Waals surface area contributed by atoms with Crippen molar-refractivity contribution in [2.24, 2.45) is 5.92 Å². The zero-order valence-electron chi connectivity index (χ0n) is 16.1.